The van der Waals surface area contributed by atoms with Gasteiger partial charge in [-0.3, -0.25) is 19.3 Å². The molecular formula is C20H22FN3O5S. The second-order valence-corrected chi connectivity index (χ2v) is 9.54. The van der Waals surface area contributed by atoms with Crippen molar-refractivity contribution in [1.29, 1.82) is 0 Å². The number of fused-ring (bicyclic) bond motifs is 1. The number of nitrogens with zero attached hydrogens (tertiary/aromatic N) is 3. The Labute approximate surface area is 174 Å². The molecule has 8 nitrogen and oxygen atoms in total. The van der Waals surface area contributed by atoms with Crippen molar-refractivity contribution in [3.05, 3.63) is 42.2 Å². The summed E-state index contributed by atoms with van der Waals surface area (Å²) in [5.41, 5.74) is 0. The summed E-state index contributed by atoms with van der Waals surface area (Å²) in [7, 11) is -4.00. The molecule has 1 aromatic rings. The number of piperazine rings is 1. The molecule has 4 rings (SSSR count). The van der Waals surface area contributed by atoms with Gasteiger partial charge in [0.15, 0.2) is 0 Å². The number of likely N-dealkylation sites (tertiary alicyclic amines) is 1. The van der Waals surface area contributed by atoms with Gasteiger partial charge in [0.1, 0.15) is 17.3 Å². The largest absolute Gasteiger partial charge is 0.338 e. The molecule has 3 aliphatic rings. The first kappa shape index (κ1) is 20.7. The second kappa shape index (κ2) is 7.92. The third kappa shape index (κ3) is 3.54. The third-order valence-electron chi connectivity index (χ3n) is 5.94. The van der Waals surface area contributed by atoms with E-state index in [2.05, 4.69) is 0 Å². The van der Waals surface area contributed by atoms with Crippen LogP contribution in [0.5, 0.6) is 0 Å². The van der Waals surface area contributed by atoms with E-state index >= 15 is 0 Å². The lowest BCUT2D eigenvalue weighted by Crippen LogP contribution is -2.53. The van der Waals surface area contributed by atoms with Crippen molar-refractivity contribution < 1.29 is 27.2 Å². The molecule has 0 saturated carbocycles. The number of carbonyl (C=O) groups is 3. The summed E-state index contributed by atoms with van der Waals surface area (Å²) < 4.78 is 40.4. The number of amides is 3. The summed E-state index contributed by atoms with van der Waals surface area (Å²) in [6.07, 6.45) is 4.78. The highest BCUT2D eigenvalue weighted by Gasteiger charge is 2.48. The van der Waals surface area contributed by atoms with Crippen LogP contribution in [0.3, 0.4) is 0 Å². The molecule has 10 heteroatoms. The van der Waals surface area contributed by atoms with Crippen molar-refractivity contribution >= 4 is 27.7 Å². The monoisotopic (exact) mass is 435 g/mol. The van der Waals surface area contributed by atoms with E-state index in [0.29, 0.717) is 12.8 Å². The summed E-state index contributed by atoms with van der Waals surface area (Å²) in [4.78, 5) is 39.8. The van der Waals surface area contributed by atoms with E-state index < -0.39 is 38.5 Å². The molecule has 1 aromatic carbocycles. The minimum Gasteiger partial charge on any atom is -0.338 e. The number of rotatable bonds is 4. The number of benzene rings is 1. The molecule has 0 N–H and O–H groups in total. The zero-order chi connectivity index (χ0) is 21.5. The Morgan fingerprint density at radius 3 is 2.10 bits per heavy atom. The van der Waals surface area contributed by atoms with Crippen molar-refractivity contribution in [3.8, 4) is 0 Å². The van der Waals surface area contributed by atoms with Gasteiger partial charge in [0.05, 0.1) is 11.8 Å². The summed E-state index contributed by atoms with van der Waals surface area (Å²) in [6.45, 7) is -0.0853. The van der Waals surface area contributed by atoms with Gasteiger partial charge in [0, 0.05) is 26.2 Å². The highest BCUT2D eigenvalue weighted by atomic mass is 32.2. The Kier molecular flexibility index (Phi) is 5.46. The molecule has 2 heterocycles. The van der Waals surface area contributed by atoms with Crippen LogP contribution in [0, 0.1) is 17.7 Å². The van der Waals surface area contributed by atoms with Crippen molar-refractivity contribution in [2.45, 2.75) is 17.7 Å². The molecule has 2 atom stereocenters. The fraction of sp³-hybridized carbons (Fsp3) is 0.450. The molecule has 3 amide bonds. The van der Waals surface area contributed by atoms with Crippen LogP contribution < -0.4 is 0 Å². The third-order valence-corrected chi connectivity index (χ3v) is 7.87. The van der Waals surface area contributed by atoms with Gasteiger partial charge < -0.3 is 4.90 Å². The van der Waals surface area contributed by atoms with Gasteiger partial charge in [-0.25, -0.2) is 12.8 Å². The lowest BCUT2D eigenvalue weighted by molar-refractivity contribution is -0.147. The topological polar surface area (TPSA) is 95.1 Å². The minimum atomic E-state index is -4.00. The normalized spacial score (nSPS) is 25.0. The maximum absolute atomic E-state index is 13.9. The number of sulfonamides is 1. The number of carbonyl (C=O) groups excluding carboxylic acids is 3. The standard InChI is InChI=1S/C20H22FN3O5S/c21-16-7-3-4-8-17(16)30(28,29)23-11-9-22(10-12-23)18(25)13-24-19(26)14-5-1-2-6-15(14)20(24)27/h1-4,7-8,14-15H,5-6,9-13H2/t14-,15-/m0/s1. The highest BCUT2D eigenvalue weighted by molar-refractivity contribution is 7.89. The van der Waals surface area contributed by atoms with Crippen LogP contribution in [-0.2, 0) is 24.4 Å². The second-order valence-electron chi connectivity index (χ2n) is 7.63. The van der Waals surface area contributed by atoms with E-state index in [-0.39, 0.29) is 44.5 Å². The average Bonchev–Trinajstić information content (AvgIpc) is 2.99. The van der Waals surface area contributed by atoms with E-state index in [1.807, 2.05) is 12.2 Å². The fourth-order valence-corrected chi connectivity index (χ4v) is 5.72. The molecule has 30 heavy (non-hydrogen) atoms. The quantitative estimate of drug-likeness (QED) is 0.510. The van der Waals surface area contributed by atoms with E-state index in [0.717, 1.165) is 15.3 Å². The minimum absolute atomic E-state index is 0.0134. The van der Waals surface area contributed by atoms with Gasteiger partial charge in [-0.15, -0.1) is 0 Å². The van der Waals surface area contributed by atoms with Crippen molar-refractivity contribution in [2.75, 3.05) is 32.7 Å². The van der Waals surface area contributed by atoms with Crippen molar-refractivity contribution in [3.63, 3.8) is 0 Å². The van der Waals surface area contributed by atoms with E-state index in [9.17, 15) is 27.2 Å². The molecule has 0 spiro atoms. The first-order chi connectivity index (χ1) is 14.3. The first-order valence-electron chi connectivity index (χ1n) is 9.83. The molecule has 0 bridgehead atoms. The summed E-state index contributed by atoms with van der Waals surface area (Å²) in [5.74, 6) is -2.63. The number of hydrogen-bond donors (Lipinski definition) is 0. The van der Waals surface area contributed by atoms with Crippen LogP contribution in [0.15, 0.2) is 41.3 Å². The van der Waals surface area contributed by atoms with Crippen LogP contribution in [0.1, 0.15) is 12.8 Å². The van der Waals surface area contributed by atoms with E-state index in [1.165, 1.54) is 23.1 Å². The van der Waals surface area contributed by atoms with Gasteiger partial charge >= 0.3 is 0 Å². The van der Waals surface area contributed by atoms with Crippen LogP contribution in [-0.4, -0.2) is 73.0 Å². The van der Waals surface area contributed by atoms with Gasteiger partial charge in [-0.1, -0.05) is 24.3 Å². The molecule has 2 fully saturated rings. The Balaban J connectivity index is 1.38. The molecule has 0 aromatic heterocycles. The Morgan fingerprint density at radius 1 is 0.967 bits per heavy atom. The average molecular weight is 435 g/mol. The molecule has 1 aliphatic carbocycles. The molecule has 2 saturated heterocycles. The predicted octanol–water partition coefficient (Wildman–Crippen LogP) is 0.610. The number of halogens is 1. The Morgan fingerprint density at radius 2 is 1.53 bits per heavy atom. The highest BCUT2D eigenvalue weighted by Crippen LogP contribution is 2.35. The van der Waals surface area contributed by atoms with Crippen molar-refractivity contribution in [2.24, 2.45) is 11.8 Å². The van der Waals surface area contributed by atoms with Gasteiger partial charge in [0.2, 0.25) is 27.7 Å². The maximum Gasteiger partial charge on any atom is 0.246 e. The van der Waals surface area contributed by atoms with Crippen LogP contribution >= 0.6 is 0 Å². The van der Waals surface area contributed by atoms with E-state index in [1.54, 1.807) is 0 Å². The Bertz CT molecular complexity index is 991. The summed E-state index contributed by atoms with van der Waals surface area (Å²) in [5, 5.41) is 0. The van der Waals surface area contributed by atoms with Gasteiger partial charge in [0.25, 0.3) is 0 Å². The lowest BCUT2D eigenvalue weighted by Gasteiger charge is -2.34. The zero-order valence-electron chi connectivity index (χ0n) is 16.2. The predicted molar refractivity (Wildman–Crippen MR) is 104 cm³/mol. The lowest BCUT2D eigenvalue weighted by atomic mass is 9.85. The van der Waals surface area contributed by atoms with Gasteiger partial charge in [-0.05, 0) is 25.0 Å². The van der Waals surface area contributed by atoms with Crippen LogP contribution in [0.2, 0.25) is 0 Å². The zero-order valence-corrected chi connectivity index (χ0v) is 17.1. The molecular weight excluding hydrogens is 413 g/mol. The first-order valence-corrected chi connectivity index (χ1v) is 11.3. The summed E-state index contributed by atoms with van der Waals surface area (Å²) in [6, 6.07) is 5.16. The SMILES string of the molecule is O=C(CN1C(=O)[C@H]2CC=CC[C@@H]2C1=O)N1CCN(S(=O)(=O)c2ccccc2F)CC1. The number of hydrogen-bond acceptors (Lipinski definition) is 5. The van der Waals surface area contributed by atoms with Gasteiger partial charge in [-0.2, -0.15) is 4.31 Å². The number of allylic oxidation sites excluding steroid dienone is 2. The molecule has 0 radical (unpaired) electrons. The summed E-state index contributed by atoms with van der Waals surface area (Å²) >= 11 is 0. The smallest absolute Gasteiger partial charge is 0.246 e. The fourth-order valence-electron chi connectivity index (χ4n) is 4.23. The number of imide groups is 1. The van der Waals surface area contributed by atoms with E-state index in [4.69, 9.17) is 0 Å². The van der Waals surface area contributed by atoms with Crippen molar-refractivity contribution in [1.82, 2.24) is 14.1 Å². The Hall–Kier alpha value is -2.59. The maximum atomic E-state index is 13.9. The molecule has 160 valence electrons. The molecule has 2 aliphatic heterocycles. The van der Waals surface area contributed by atoms with Crippen LogP contribution in [0.4, 0.5) is 4.39 Å². The van der Waals surface area contributed by atoms with Crippen LogP contribution in [0.25, 0.3) is 0 Å². The molecule has 0 unspecified atom stereocenters.